The molecule has 2 aromatic rings. The molecule has 1 saturated heterocycles. The molecule has 1 aromatic carbocycles. The number of halogens is 1. The van der Waals surface area contributed by atoms with Crippen molar-refractivity contribution >= 4 is 33.2 Å². The normalized spacial score (nSPS) is 18.1. The summed E-state index contributed by atoms with van der Waals surface area (Å²) in [4.78, 5) is 12.2. The van der Waals surface area contributed by atoms with Crippen LogP contribution < -0.4 is 5.32 Å². The summed E-state index contributed by atoms with van der Waals surface area (Å²) in [5.74, 6) is -0.00378. The summed E-state index contributed by atoms with van der Waals surface area (Å²) in [5, 5.41) is 11.5. The smallest absolute Gasteiger partial charge is 0.234 e. The lowest BCUT2D eigenvalue weighted by atomic mass is 10.1. The maximum absolute atomic E-state index is 13.6. The number of benzene rings is 1. The van der Waals surface area contributed by atoms with E-state index in [0.29, 0.717) is 35.2 Å². The first kappa shape index (κ1) is 20.5. The van der Waals surface area contributed by atoms with Gasteiger partial charge < -0.3 is 9.88 Å². The van der Waals surface area contributed by atoms with Gasteiger partial charge in [0.25, 0.3) is 0 Å². The molecule has 1 aromatic heterocycles. The third kappa shape index (κ3) is 4.79. The monoisotopic (exact) mass is 424 g/mol. The fourth-order valence-corrected chi connectivity index (χ4v) is 5.50. The van der Waals surface area contributed by atoms with Gasteiger partial charge in [0.15, 0.2) is 15.0 Å². The van der Waals surface area contributed by atoms with Gasteiger partial charge in [-0.25, -0.2) is 12.8 Å². The molecule has 3 rings (SSSR count). The number of hydrogen-bond donors (Lipinski definition) is 1. The number of rotatable bonds is 7. The lowest BCUT2D eigenvalue weighted by Crippen LogP contribution is -2.15. The topological polar surface area (TPSA) is 93.9 Å². The molecule has 150 valence electrons. The molecule has 28 heavy (non-hydrogen) atoms. The molecule has 10 heteroatoms. The molecule has 1 fully saturated rings. The van der Waals surface area contributed by atoms with Crippen molar-refractivity contribution in [3.8, 4) is 0 Å². The second-order valence-electron chi connectivity index (χ2n) is 6.64. The summed E-state index contributed by atoms with van der Waals surface area (Å²) in [6.45, 7) is 5.79. The minimum absolute atomic E-state index is 0.0619. The van der Waals surface area contributed by atoms with E-state index in [0.717, 1.165) is 0 Å². The number of carbonyl (C=O) groups excluding carboxylic acids is 1. The number of nitrogens with zero attached hydrogens (tertiary/aromatic N) is 3. The number of anilines is 1. The maximum atomic E-state index is 13.6. The number of allylic oxidation sites excluding steroid dienone is 1. The van der Waals surface area contributed by atoms with Crippen molar-refractivity contribution in [2.75, 3.05) is 22.6 Å². The minimum Gasteiger partial charge on any atom is -0.325 e. The molecule has 1 unspecified atom stereocenters. The number of amides is 1. The molecule has 7 nitrogen and oxygen atoms in total. The van der Waals surface area contributed by atoms with E-state index in [4.69, 9.17) is 0 Å². The van der Waals surface area contributed by atoms with E-state index >= 15 is 0 Å². The Morgan fingerprint density at radius 1 is 1.46 bits per heavy atom. The second kappa shape index (κ2) is 8.44. The van der Waals surface area contributed by atoms with Gasteiger partial charge in [0.05, 0.1) is 17.3 Å². The fourth-order valence-electron chi connectivity index (χ4n) is 3.01. The maximum Gasteiger partial charge on any atom is 0.234 e. The van der Waals surface area contributed by atoms with Crippen molar-refractivity contribution in [1.82, 2.24) is 14.8 Å². The lowest BCUT2D eigenvalue weighted by Gasteiger charge is -2.11. The summed E-state index contributed by atoms with van der Waals surface area (Å²) < 4.78 is 38.9. The van der Waals surface area contributed by atoms with Crippen molar-refractivity contribution < 1.29 is 17.6 Å². The van der Waals surface area contributed by atoms with Gasteiger partial charge in [-0.15, -0.1) is 16.8 Å². The Kier molecular flexibility index (Phi) is 6.19. The standard InChI is InChI=1S/C18H21FN4O3S2/c1-3-7-23-17(13-6-8-28(25,26)11-13)21-22-18(23)27-10-16(24)20-14-5-4-12(2)15(19)9-14/h3-5,9,13H,1,6-8,10-11H2,2H3,(H,20,24). The molecule has 1 atom stereocenters. The van der Waals surface area contributed by atoms with E-state index in [1.54, 1.807) is 29.7 Å². The highest BCUT2D eigenvalue weighted by Crippen LogP contribution is 2.30. The van der Waals surface area contributed by atoms with Gasteiger partial charge in [0.1, 0.15) is 11.6 Å². The van der Waals surface area contributed by atoms with Gasteiger partial charge in [-0.1, -0.05) is 23.9 Å². The van der Waals surface area contributed by atoms with Gasteiger partial charge in [0.2, 0.25) is 5.91 Å². The van der Waals surface area contributed by atoms with E-state index in [1.807, 2.05) is 0 Å². The summed E-state index contributed by atoms with van der Waals surface area (Å²) in [7, 11) is -3.04. The number of thioether (sulfide) groups is 1. The van der Waals surface area contributed by atoms with E-state index in [2.05, 4.69) is 22.1 Å². The van der Waals surface area contributed by atoms with Gasteiger partial charge >= 0.3 is 0 Å². The van der Waals surface area contributed by atoms with Crippen LogP contribution in [-0.4, -0.2) is 46.3 Å². The van der Waals surface area contributed by atoms with Crippen LogP contribution >= 0.6 is 11.8 Å². The first-order valence-corrected chi connectivity index (χ1v) is 11.5. The molecule has 1 amide bonds. The molecule has 1 aliphatic rings. The number of sulfone groups is 1. The SMILES string of the molecule is C=CCn1c(SCC(=O)Nc2ccc(C)c(F)c2)nnc1C1CCS(=O)(=O)C1. The Morgan fingerprint density at radius 2 is 2.25 bits per heavy atom. The van der Waals surface area contributed by atoms with Crippen LogP contribution in [0.4, 0.5) is 10.1 Å². The Balaban J connectivity index is 1.67. The molecular formula is C18H21FN4O3S2. The number of carbonyl (C=O) groups is 1. The van der Waals surface area contributed by atoms with Crippen LogP contribution in [0.5, 0.6) is 0 Å². The largest absolute Gasteiger partial charge is 0.325 e. The van der Waals surface area contributed by atoms with Gasteiger partial charge in [-0.2, -0.15) is 0 Å². The van der Waals surface area contributed by atoms with Gasteiger partial charge in [0, 0.05) is 18.2 Å². The molecule has 0 aliphatic carbocycles. The quantitative estimate of drug-likeness (QED) is 0.542. The van der Waals surface area contributed by atoms with Crippen molar-refractivity contribution in [2.24, 2.45) is 0 Å². The van der Waals surface area contributed by atoms with E-state index in [1.165, 1.54) is 17.8 Å². The highest BCUT2D eigenvalue weighted by molar-refractivity contribution is 7.99. The molecule has 0 radical (unpaired) electrons. The van der Waals surface area contributed by atoms with Crippen LogP contribution in [-0.2, 0) is 21.2 Å². The van der Waals surface area contributed by atoms with Crippen LogP contribution in [0, 0.1) is 12.7 Å². The van der Waals surface area contributed by atoms with Crippen molar-refractivity contribution in [3.63, 3.8) is 0 Å². The fraction of sp³-hybridized carbons (Fsp3) is 0.389. The zero-order valence-electron chi connectivity index (χ0n) is 15.4. The predicted octanol–water partition coefficient (Wildman–Crippen LogP) is 2.54. The van der Waals surface area contributed by atoms with Crippen molar-refractivity contribution in [3.05, 3.63) is 48.1 Å². The zero-order valence-corrected chi connectivity index (χ0v) is 17.0. The molecule has 0 bridgehead atoms. The van der Waals surface area contributed by atoms with Crippen LogP contribution in [0.3, 0.4) is 0 Å². The van der Waals surface area contributed by atoms with Crippen molar-refractivity contribution in [1.29, 1.82) is 0 Å². The van der Waals surface area contributed by atoms with Gasteiger partial charge in [-0.3, -0.25) is 4.79 Å². The minimum atomic E-state index is -3.04. The number of aromatic nitrogens is 3. The summed E-state index contributed by atoms with van der Waals surface area (Å²) in [6.07, 6.45) is 2.19. The molecule has 0 saturated carbocycles. The third-order valence-corrected chi connectivity index (χ3v) is 7.18. The predicted molar refractivity (Wildman–Crippen MR) is 107 cm³/mol. The Labute approximate surface area is 167 Å². The van der Waals surface area contributed by atoms with E-state index < -0.39 is 9.84 Å². The Hall–Kier alpha value is -2.20. The highest BCUT2D eigenvalue weighted by Gasteiger charge is 2.33. The number of aryl methyl sites for hydroxylation is 1. The number of nitrogens with one attached hydrogen (secondary N) is 1. The van der Waals surface area contributed by atoms with Crippen LogP contribution in [0.15, 0.2) is 36.0 Å². The first-order chi connectivity index (χ1) is 13.3. The van der Waals surface area contributed by atoms with E-state index in [9.17, 15) is 17.6 Å². The van der Waals surface area contributed by atoms with Gasteiger partial charge in [-0.05, 0) is 31.0 Å². The Bertz CT molecular complexity index is 1000. The Morgan fingerprint density at radius 3 is 2.89 bits per heavy atom. The highest BCUT2D eigenvalue weighted by atomic mass is 32.2. The number of hydrogen-bond acceptors (Lipinski definition) is 6. The van der Waals surface area contributed by atoms with Crippen LogP contribution in [0.2, 0.25) is 0 Å². The molecular weight excluding hydrogens is 403 g/mol. The molecule has 1 aliphatic heterocycles. The average molecular weight is 425 g/mol. The molecule has 0 spiro atoms. The summed E-state index contributed by atoms with van der Waals surface area (Å²) >= 11 is 1.19. The molecule has 2 heterocycles. The molecule has 1 N–H and O–H groups in total. The van der Waals surface area contributed by atoms with E-state index in [-0.39, 0.29) is 34.9 Å². The van der Waals surface area contributed by atoms with Crippen LogP contribution in [0.1, 0.15) is 23.7 Å². The summed E-state index contributed by atoms with van der Waals surface area (Å²) in [6, 6.07) is 4.51. The summed E-state index contributed by atoms with van der Waals surface area (Å²) in [5.41, 5.74) is 0.893. The zero-order chi connectivity index (χ0) is 20.3. The van der Waals surface area contributed by atoms with Crippen molar-refractivity contribution in [2.45, 2.75) is 31.0 Å². The third-order valence-electron chi connectivity index (χ3n) is 4.44. The lowest BCUT2D eigenvalue weighted by molar-refractivity contribution is -0.113. The first-order valence-electron chi connectivity index (χ1n) is 8.72. The second-order valence-corrected chi connectivity index (χ2v) is 9.81. The average Bonchev–Trinajstić information content (AvgIpc) is 3.19. The van der Waals surface area contributed by atoms with Crippen LogP contribution in [0.25, 0.3) is 0 Å².